The van der Waals surface area contributed by atoms with E-state index >= 15 is 4.39 Å². The number of aromatic nitrogens is 5. The molecule has 1 atom stereocenters. The van der Waals surface area contributed by atoms with Gasteiger partial charge in [-0.2, -0.15) is 10.2 Å². The number of carbonyl (C=O) groups is 2. The van der Waals surface area contributed by atoms with Crippen LogP contribution in [0.25, 0.3) is 23.0 Å². The number of nitrogens with zero attached hydrogens (tertiary/aromatic N) is 6. The van der Waals surface area contributed by atoms with Crippen molar-refractivity contribution in [2.24, 2.45) is 0 Å². The smallest absolute Gasteiger partial charge is 0.330 e. The Morgan fingerprint density at radius 2 is 2.00 bits per heavy atom. The zero-order valence-electron chi connectivity index (χ0n) is 20.9. The van der Waals surface area contributed by atoms with Crippen LogP contribution in [0.15, 0.2) is 48.7 Å². The average Bonchev–Trinajstić information content (AvgIpc) is 3.54. The van der Waals surface area contributed by atoms with E-state index in [0.717, 1.165) is 11.4 Å². The summed E-state index contributed by atoms with van der Waals surface area (Å²) in [7, 11) is 0. The number of hydrogen-bond donors (Lipinski definition) is 0. The number of carbonyl (C=O) groups excluding carboxylic acids is 2. The molecule has 1 aliphatic heterocycles. The molecule has 0 spiro atoms. The summed E-state index contributed by atoms with van der Waals surface area (Å²) in [5, 5.41) is 8.89. The van der Waals surface area contributed by atoms with Crippen molar-refractivity contribution in [3.63, 3.8) is 0 Å². The Balaban J connectivity index is 1.45. The molecule has 0 radical (unpaired) electrons. The summed E-state index contributed by atoms with van der Waals surface area (Å²) in [6.45, 7) is 7.11. The van der Waals surface area contributed by atoms with Crippen molar-refractivity contribution in [3.8, 4) is 11.3 Å². The lowest BCUT2D eigenvalue weighted by Gasteiger charge is -2.33. The number of rotatable bonds is 6. The van der Waals surface area contributed by atoms with Crippen molar-refractivity contribution in [2.45, 2.75) is 39.8 Å². The molecule has 0 aliphatic carbocycles. The van der Waals surface area contributed by atoms with E-state index in [1.165, 1.54) is 18.2 Å². The third kappa shape index (κ3) is 4.62. The first-order valence-electron chi connectivity index (χ1n) is 12.3. The van der Waals surface area contributed by atoms with Gasteiger partial charge < -0.3 is 9.64 Å². The van der Waals surface area contributed by atoms with E-state index in [0.29, 0.717) is 47.7 Å². The van der Waals surface area contributed by atoms with Gasteiger partial charge in [-0.3, -0.25) is 9.48 Å². The first-order chi connectivity index (χ1) is 17.9. The number of fused-ring (bicyclic) bond motifs is 2. The highest BCUT2D eigenvalue weighted by atomic mass is 19.1. The molecule has 1 aliphatic rings. The fraction of sp³-hybridized carbons (Fsp3) is 0.296. The second-order valence-corrected chi connectivity index (χ2v) is 8.76. The molecule has 4 heterocycles. The number of benzene rings is 1. The van der Waals surface area contributed by atoms with Gasteiger partial charge in [0.1, 0.15) is 11.5 Å². The van der Waals surface area contributed by atoms with E-state index in [-0.39, 0.29) is 18.6 Å². The van der Waals surface area contributed by atoms with E-state index < -0.39 is 11.8 Å². The number of amides is 1. The molecule has 0 bridgehead atoms. The van der Waals surface area contributed by atoms with E-state index in [2.05, 4.69) is 15.2 Å². The second kappa shape index (κ2) is 9.96. The molecule has 4 aromatic rings. The zero-order valence-corrected chi connectivity index (χ0v) is 20.9. The van der Waals surface area contributed by atoms with Gasteiger partial charge in [-0.15, -0.1) is 0 Å². The van der Waals surface area contributed by atoms with Crippen LogP contribution in [-0.4, -0.2) is 54.3 Å². The molecule has 37 heavy (non-hydrogen) atoms. The number of esters is 1. The van der Waals surface area contributed by atoms with Crippen molar-refractivity contribution in [2.75, 3.05) is 13.2 Å². The largest absolute Gasteiger partial charge is 0.463 e. The quantitative estimate of drug-likeness (QED) is 0.291. The van der Waals surface area contributed by atoms with Crippen molar-refractivity contribution >= 4 is 23.6 Å². The summed E-state index contributed by atoms with van der Waals surface area (Å²) >= 11 is 0. The SMILES string of the molecule is CCOC(=O)/C=C/c1ccc(-c2cc3nc(C(=O)N4CCn5nccc5C4C)cc(CC)n3n2)c(F)c1. The van der Waals surface area contributed by atoms with Crippen LogP contribution in [0, 0.1) is 5.82 Å². The van der Waals surface area contributed by atoms with Gasteiger partial charge in [-0.05, 0) is 56.2 Å². The third-order valence-electron chi connectivity index (χ3n) is 6.51. The van der Waals surface area contributed by atoms with Crippen molar-refractivity contribution in [1.82, 2.24) is 29.3 Å². The van der Waals surface area contributed by atoms with Gasteiger partial charge in [0.2, 0.25) is 0 Å². The molecule has 0 N–H and O–H groups in total. The zero-order chi connectivity index (χ0) is 26.1. The fourth-order valence-electron chi connectivity index (χ4n) is 4.59. The summed E-state index contributed by atoms with van der Waals surface area (Å²) in [4.78, 5) is 31.4. The normalized spacial score (nSPS) is 15.4. The maximum atomic E-state index is 15.0. The monoisotopic (exact) mass is 502 g/mol. The minimum Gasteiger partial charge on any atom is -0.463 e. The van der Waals surface area contributed by atoms with Crippen LogP contribution in [0.5, 0.6) is 0 Å². The Bertz CT molecular complexity index is 1520. The topological polar surface area (TPSA) is 94.6 Å². The van der Waals surface area contributed by atoms with Gasteiger partial charge in [0.05, 0.1) is 30.6 Å². The molecule has 0 saturated heterocycles. The molecular formula is C27H27FN6O3. The standard InChI is InChI=1S/C27H27FN6O3/c1-4-19-15-23(27(36)32-12-13-33-24(17(32)3)10-11-29-33)30-25-16-22(31-34(19)25)20-8-6-18(14-21(20)28)7-9-26(35)37-5-2/h6-11,14-17H,4-5,12-13H2,1-3H3/b9-7+. The molecular weight excluding hydrogens is 475 g/mol. The van der Waals surface area contributed by atoms with E-state index in [1.807, 2.05) is 24.6 Å². The summed E-state index contributed by atoms with van der Waals surface area (Å²) in [6.07, 6.45) is 5.12. The first-order valence-corrected chi connectivity index (χ1v) is 12.3. The van der Waals surface area contributed by atoms with Crippen LogP contribution in [0.4, 0.5) is 4.39 Å². The lowest BCUT2D eigenvalue weighted by molar-refractivity contribution is -0.137. The van der Waals surface area contributed by atoms with Crippen molar-refractivity contribution in [3.05, 3.63) is 77.1 Å². The number of halogens is 1. The average molecular weight is 503 g/mol. The molecule has 5 rings (SSSR count). The van der Waals surface area contributed by atoms with E-state index in [9.17, 15) is 9.59 Å². The Kier molecular flexibility index (Phi) is 6.56. The lowest BCUT2D eigenvalue weighted by Crippen LogP contribution is -2.41. The minimum atomic E-state index is -0.486. The van der Waals surface area contributed by atoms with Gasteiger partial charge in [0.15, 0.2) is 5.65 Å². The van der Waals surface area contributed by atoms with Gasteiger partial charge in [0.25, 0.3) is 5.91 Å². The Morgan fingerprint density at radius 3 is 2.76 bits per heavy atom. The van der Waals surface area contributed by atoms with Crippen LogP contribution >= 0.6 is 0 Å². The minimum absolute atomic E-state index is 0.127. The Hall–Kier alpha value is -4.34. The van der Waals surface area contributed by atoms with Gasteiger partial charge >= 0.3 is 5.97 Å². The van der Waals surface area contributed by atoms with Crippen LogP contribution in [0.1, 0.15) is 54.3 Å². The van der Waals surface area contributed by atoms with Crippen molar-refractivity contribution in [1.29, 1.82) is 0 Å². The molecule has 3 aromatic heterocycles. The maximum Gasteiger partial charge on any atom is 0.330 e. The van der Waals surface area contributed by atoms with E-state index in [4.69, 9.17) is 4.74 Å². The summed E-state index contributed by atoms with van der Waals surface area (Å²) in [5.41, 5.74) is 3.80. The number of hydrogen-bond acceptors (Lipinski definition) is 6. The van der Waals surface area contributed by atoms with E-state index in [1.54, 1.807) is 46.8 Å². The van der Waals surface area contributed by atoms with Crippen LogP contribution in [0.2, 0.25) is 0 Å². The number of ether oxygens (including phenoxy) is 1. The number of aryl methyl sites for hydroxylation is 1. The second-order valence-electron chi connectivity index (χ2n) is 8.76. The Morgan fingerprint density at radius 1 is 1.16 bits per heavy atom. The van der Waals surface area contributed by atoms with Crippen LogP contribution in [-0.2, 0) is 22.5 Å². The summed E-state index contributed by atoms with van der Waals surface area (Å²) in [6, 6.07) is 9.87. The maximum absolute atomic E-state index is 15.0. The highest BCUT2D eigenvalue weighted by Crippen LogP contribution is 2.28. The van der Waals surface area contributed by atoms with Gasteiger partial charge in [0, 0.05) is 36.1 Å². The predicted octanol–water partition coefficient (Wildman–Crippen LogP) is 4.09. The molecule has 10 heteroatoms. The molecule has 0 saturated carbocycles. The first kappa shape index (κ1) is 24.4. The Labute approximate surface area is 213 Å². The van der Waals surface area contributed by atoms with Gasteiger partial charge in [-0.1, -0.05) is 13.0 Å². The van der Waals surface area contributed by atoms with Crippen LogP contribution < -0.4 is 0 Å². The van der Waals surface area contributed by atoms with Crippen molar-refractivity contribution < 1.29 is 18.7 Å². The highest BCUT2D eigenvalue weighted by Gasteiger charge is 2.30. The molecule has 0 fully saturated rings. The lowest BCUT2D eigenvalue weighted by atomic mass is 10.1. The molecule has 190 valence electrons. The summed E-state index contributed by atoms with van der Waals surface area (Å²) < 4.78 is 23.4. The molecule has 1 amide bonds. The highest BCUT2D eigenvalue weighted by molar-refractivity contribution is 5.93. The summed E-state index contributed by atoms with van der Waals surface area (Å²) in [5.74, 6) is -1.13. The van der Waals surface area contributed by atoms with Gasteiger partial charge in [-0.25, -0.2) is 18.7 Å². The molecule has 1 aromatic carbocycles. The molecule has 9 nitrogen and oxygen atoms in total. The third-order valence-corrected chi connectivity index (χ3v) is 6.51. The van der Waals surface area contributed by atoms with Crippen LogP contribution in [0.3, 0.4) is 0 Å². The predicted molar refractivity (Wildman–Crippen MR) is 135 cm³/mol. The molecule has 1 unspecified atom stereocenters. The fourth-order valence-corrected chi connectivity index (χ4v) is 4.59.